The Morgan fingerprint density at radius 2 is 1.86 bits per heavy atom. The Morgan fingerprint density at radius 1 is 1.19 bits per heavy atom. The number of aromatic nitrogens is 1. The zero-order valence-electron chi connectivity index (χ0n) is 11.9. The van der Waals surface area contributed by atoms with Crippen LogP contribution in [0.15, 0.2) is 30.3 Å². The van der Waals surface area contributed by atoms with E-state index in [2.05, 4.69) is 10.3 Å². The summed E-state index contributed by atoms with van der Waals surface area (Å²) in [6.07, 6.45) is 0. The van der Waals surface area contributed by atoms with Crippen LogP contribution in [0.1, 0.15) is 16.1 Å². The predicted molar refractivity (Wildman–Crippen MR) is 76.4 cm³/mol. The summed E-state index contributed by atoms with van der Waals surface area (Å²) in [5.41, 5.74) is 1.34. The van der Waals surface area contributed by atoms with Crippen LogP contribution in [-0.2, 0) is 0 Å². The molecular formula is C15H15FN2O3. The van der Waals surface area contributed by atoms with Crippen molar-refractivity contribution >= 4 is 11.6 Å². The summed E-state index contributed by atoms with van der Waals surface area (Å²) in [5, 5.41) is 2.68. The zero-order valence-corrected chi connectivity index (χ0v) is 11.9. The van der Waals surface area contributed by atoms with Crippen molar-refractivity contribution in [3.63, 3.8) is 0 Å². The Kier molecular flexibility index (Phi) is 4.37. The number of pyridine rings is 1. The predicted octanol–water partition coefficient (Wildman–Crippen LogP) is 2.80. The molecule has 5 nitrogen and oxygen atoms in total. The van der Waals surface area contributed by atoms with Gasteiger partial charge in [-0.05, 0) is 30.7 Å². The third-order valence-corrected chi connectivity index (χ3v) is 2.93. The van der Waals surface area contributed by atoms with Crippen molar-refractivity contribution < 1.29 is 18.7 Å². The van der Waals surface area contributed by atoms with Crippen LogP contribution in [0.4, 0.5) is 10.1 Å². The van der Waals surface area contributed by atoms with Crippen LogP contribution in [0.25, 0.3) is 0 Å². The van der Waals surface area contributed by atoms with Crippen molar-refractivity contribution in [2.45, 2.75) is 6.92 Å². The van der Waals surface area contributed by atoms with Crippen molar-refractivity contribution in [2.24, 2.45) is 0 Å². The molecule has 0 saturated heterocycles. The molecule has 0 aliphatic rings. The van der Waals surface area contributed by atoms with E-state index >= 15 is 0 Å². The van der Waals surface area contributed by atoms with Crippen LogP contribution in [0.5, 0.6) is 11.5 Å². The van der Waals surface area contributed by atoms with Gasteiger partial charge in [0.15, 0.2) is 11.5 Å². The Hall–Kier alpha value is -2.63. The molecule has 1 N–H and O–H groups in total. The molecule has 0 unspecified atom stereocenters. The lowest BCUT2D eigenvalue weighted by molar-refractivity contribution is 0.102. The number of benzene rings is 1. The molecule has 0 bridgehead atoms. The third kappa shape index (κ3) is 3.28. The summed E-state index contributed by atoms with van der Waals surface area (Å²) >= 11 is 0. The van der Waals surface area contributed by atoms with Crippen LogP contribution in [0.2, 0.25) is 0 Å². The van der Waals surface area contributed by atoms with Crippen LogP contribution < -0.4 is 14.8 Å². The van der Waals surface area contributed by atoms with Crippen LogP contribution in [0.3, 0.4) is 0 Å². The second kappa shape index (κ2) is 6.21. The highest BCUT2D eigenvalue weighted by atomic mass is 19.1. The lowest BCUT2D eigenvalue weighted by atomic mass is 10.1. The summed E-state index contributed by atoms with van der Waals surface area (Å²) in [5.74, 6) is -0.140. The standard InChI is InChI=1S/C15H15FN2O3/c1-9-7-12(20-2)13(21-3)8-11(9)18-15(19)10-5-4-6-14(16)17-10/h4-8H,1-3H3,(H,18,19). The number of carbonyl (C=O) groups is 1. The molecule has 0 radical (unpaired) electrons. The van der Waals surface area contributed by atoms with Gasteiger partial charge in [0.2, 0.25) is 5.95 Å². The molecule has 0 atom stereocenters. The first kappa shape index (κ1) is 14.8. The number of halogens is 1. The highest BCUT2D eigenvalue weighted by molar-refractivity contribution is 6.03. The molecule has 1 amide bonds. The van der Waals surface area contributed by atoms with Gasteiger partial charge in [0.25, 0.3) is 5.91 Å². The summed E-state index contributed by atoms with van der Waals surface area (Å²) in [6.45, 7) is 1.82. The number of rotatable bonds is 4. The third-order valence-electron chi connectivity index (χ3n) is 2.93. The van der Waals surface area contributed by atoms with Gasteiger partial charge in [-0.2, -0.15) is 4.39 Å². The van der Waals surface area contributed by atoms with Gasteiger partial charge in [0, 0.05) is 11.8 Å². The van der Waals surface area contributed by atoms with E-state index in [4.69, 9.17) is 9.47 Å². The number of hydrogen-bond acceptors (Lipinski definition) is 4. The normalized spacial score (nSPS) is 10.1. The van der Waals surface area contributed by atoms with Crippen LogP contribution in [-0.4, -0.2) is 25.1 Å². The van der Waals surface area contributed by atoms with Crippen molar-refractivity contribution in [1.82, 2.24) is 4.98 Å². The molecule has 0 saturated carbocycles. The smallest absolute Gasteiger partial charge is 0.274 e. The molecule has 1 aromatic heterocycles. The highest BCUT2D eigenvalue weighted by Crippen LogP contribution is 2.33. The largest absolute Gasteiger partial charge is 0.493 e. The Balaban J connectivity index is 2.29. The summed E-state index contributed by atoms with van der Waals surface area (Å²) in [6, 6.07) is 7.43. The van der Waals surface area contributed by atoms with E-state index < -0.39 is 11.9 Å². The number of aryl methyl sites for hydroxylation is 1. The maximum atomic E-state index is 13.0. The molecule has 1 heterocycles. The van der Waals surface area contributed by atoms with E-state index in [1.54, 1.807) is 12.1 Å². The lowest BCUT2D eigenvalue weighted by Crippen LogP contribution is -2.15. The highest BCUT2D eigenvalue weighted by Gasteiger charge is 2.13. The Morgan fingerprint density at radius 3 is 2.48 bits per heavy atom. The SMILES string of the molecule is COc1cc(C)c(NC(=O)c2cccc(F)n2)cc1OC. The first-order chi connectivity index (χ1) is 10.0. The minimum absolute atomic E-state index is 0.00387. The van der Waals surface area contributed by atoms with Crippen molar-refractivity contribution in [2.75, 3.05) is 19.5 Å². The van der Waals surface area contributed by atoms with E-state index in [1.165, 1.54) is 32.4 Å². The van der Waals surface area contributed by atoms with Gasteiger partial charge in [-0.3, -0.25) is 4.79 Å². The topological polar surface area (TPSA) is 60.5 Å². The van der Waals surface area contributed by atoms with E-state index in [-0.39, 0.29) is 5.69 Å². The minimum atomic E-state index is -0.702. The molecule has 110 valence electrons. The molecular weight excluding hydrogens is 275 g/mol. The lowest BCUT2D eigenvalue weighted by Gasteiger charge is -2.13. The number of carbonyl (C=O) groups excluding carboxylic acids is 1. The monoisotopic (exact) mass is 290 g/mol. The first-order valence-electron chi connectivity index (χ1n) is 6.21. The first-order valence-corrected chi connectivity index (χ1v) is 6.21. The molecule has 6 heteroatoms. The Labute approximate surface area is 121 Å². The molecule has 2 rings (SSSR count). The minimum Gasteiger partial charge on any atom is -0.493 e. The van der Waals surface area contributed by atoms with Gasteiger partial charge in [0.05, 0.1) is 14.2 Å². The second-order valence-corrected chi connectivity index (χ2v) is 4.32. The van der Waals surface area contributed by atoms with E-state index in [0.717, 1.165) is 5.56 Å². The fraction of sp³-hybridized carbons (Fsp3) is 0.200. The average molecular weight is 290 g/mol. The molecule has 21 heavy (non-hydrogen) atoms. The van der Waals surface area contributed by atoms with Crippen molar-refractivity contribution in [3.8, 4) is 11.5 Å². The maximum Gasteiger partial charge on any atom is 0.274 e. The van der Waals surface area contributed by atoms with Crippen LogP contribution in [0, 0.1) is 12.9 Å². The number of anilines is 1. The zero-order chi connectivity index (χ0) is 15.4. The molecule has 0 aliphatic carbocycles. The van der Waals surface area contributed by atoms with E-state index in [0.29, 0.717) is 17.2 Å². The number of ether oxygens (including phenoxy) is 2. The maximum absolute atomic E-state index is 13.0. The number of amides is 1. The van der Waals surface area contributed by atoms with Crippen molar-refractivity contribution in [3.05, 3.63) is 47.5 Å². The number of methoxy groups -OCH3 is 2. The number of hydrogen-bond donors (Lipinski definition) is 1. The summed E-state index contributed by atoms with van der Waals surface area (Å²) < 4.78 is 23.4. The fourth-order valence-corrected chi connectivity index (χ4v) is 1.84. The van der Waals surface area contributed by atoms with Gasteiger partial charge in [-0.15, -0.1) is 0 Å². The summed E-state index contributed by atoms with van der Waals surface area (Å²) in [7, 11) is 3.04. The van der Waals surface area contributed by atoms with Gasteiger partial charge in [-0.25, -0.2) is 4.98 Å². The van der Waals surface area contributed by atoms with Crippen LogP contribution >= 0.6 is 0 Å². The second-order valence-electron chi connectivity index (χ2n) is 4.32. The quantitative estimate of drug-likeness (QED) is 0.880. The summed E-state index contributed by atoms with van der Waals surface area (Å²) in [4.78, 5) is 15.6. The van der Waals surface area contributed by atoms with Crippen molar-refractivity contribution in [1.29, 1.82) is 0 Å². The molecule has 0 fully saturated rings. The Bertz CT molecular complexity index is 674. The van der Waals surface area contributed by atoms with E-state index in [1.807, 2.05) is 6.92 Å². The van der Waals surface area contributed by atoms with Gasteiger partial charge >= 0.3 is 0 Å². The molecule has 0 aliphatic heterocycles. The van der Waals surface area contributed by atoms with E-state index in [9.17, 15) is 9.18 Å². The molecule has 2 aromatic rings. The van der Waals surface area contributed by atoms with Gasteiger partial charge in [-0.1, -0.05) is 6.07 Å². The molecule has 1 aromatic carbocycles. The molecule has 0 spiro atoms. The number of nitrogens with one attached hydrogen (secondary N) is 1. The average Bonchev–Trinajstić information content (AvgIpc) is 2.48. The van der Waals surface area contributed by atoms with Gasteiger partial charge < -0.3 is 14.8 Å². The fourth-order valence-electron chi connectivity index (χ4n) is 1.84. The van der Waals surface area contributed by atoms with Gasteiger partial charge in [0.1, 0.15) is 5.69 Å². The number of nitrogens with zero attached hydrogens (tertiary/aromatic N) is 1.